The molecule has 4 unspecified atom stereocenters. The average molecular weight is 1020 g/mol. The second kappa shape index (κ2) is 21.7. The van der Waals surface area contributed by atoms with E-state index < -0.39 is 29.6 Å². The monoisotopic (exact) mass is 1020 g/mol. The molecule has 10 N–H and O–H groups in total. The lowest BCUT2D eigenvalue weighted by atomic mass is 10.0. The third-order valence-corrected chi connectivity index (χ3v) is 12.7. The molecule has 0 aliphatic carbocycles. The number of amides is 2. The molecule has 4 aliphatic heterocycles. The molecule has 2 amide bonds. The number of hydrogen-bond donors (Lipinski definition) is 10. The molecule has 4 atom stereocenters. The Morgan fingerprint density at radius 1 is 0.676 bits per heavy atom. The van der Waals surface area contributed by atoms with Crippen LogP contribution in [0.4, 0.5) is 66.4 Å². The summed E-state index contributed by atoms with van der Waals surface area (Å²) in [6.45, 7) is 7.67. The first-order valence-electron chi connectivity index (χ1n) is 24.0. The Balaban J connectivity index is 0.740. The van der Waals surface area contributed by atoms with Gasteiger partial charge in [-0.2, -0.15) is 9.97 Å². The first-order chi connectivity index (χ1) is 35.9. The first kappa shape index (κ1) is 49.1. The Hall–Kier alpha value is -8.46. The SMILES string of the molecule is CC1CC(C2CN(c3nc(NNC(=O)c4ccc(Nc5cc(O)cc(N6NCCC6C)c5)cn4)ncc3F)CCO2)N(c2cc(O)cc(Nc3ccc(C(=O)NNc4ncc(F)c(N5CCOCC5)n4)nc3)c2)N1. The summed E-state index contributed by atoms with van der Waals surface area (Å²) in [5, 5.41) is 31.7. The quantitative estimate of drug-likeness (QED) is 0.0649. The van der Waals surface area contributed by atoms with Gasteiger partial charge in [-0.15, -0.1) is 0 Å². The summed E-state index contributed by atoms with van der Waals surface area (Å²) in [7, 11) is 0. The number of anilines is 10. The molecule has 4 aliphatic rings. The number of rotatable bonds is 15. The molecule has 4 fully saturated rings. The van der Waals surface area contributed by atoms with Gasteiger partial charge in [-0.1, -0.05) is 0 Å². The van der Waals surface area contributed by atoms with Crippen molar-refractivity contribution < 1.29 is 38.1 Å². The fourth-order valence-corrected chi connectivity index (χ4v) is 9.12. The van der Waals surface area contributed by atoms with Gasteiger partial charge >= 0.3 is 0 Å². The number of phenolic OH excluding ortho intramolecular Hbond substituents is 2. The van der Waals surface area contributed by atoms with Gasteiger partial charge in [-0.25, -0.2) is 39.6 Å². The lowest BCUT2D eigenvalue weighted by Crippen LogP contribution is -2.53. The maximum absolute atomic E-state index is 15.5. The highest BCUT2D eigenvalue weighted by atomic mass is 19.1. The van der Waals surface area contributed by atoms with Crippen LogP contribution in [0.2, 0.25) is 0 Å². The Morgan fingerprint density at radius 2 is 1.23 bits per heavy atom. The van der Waals surface area contributed by atoms with Gasteiger partial charge < -0.3 is 50.1 Å². The van der Waals surface area contributed by atoms with Crippen molar-refractivity contribution in [2.45, 2.75) is 50.9 Å². The molecule has 6 aromatic rings. The number of carbonyl (C=O) groups is 2. The van der Waals surface area contributed by atoms with Gasteiger partial charge in [0.05, 0.1) is 79.5 Å². The van der Waals surface area contributed by atoms with Crippen LogP contribution in [0.5, 0.6) is 11.5 Å². The van der Waals surface area contributed by atoms with Gasteiger partial charge in [0.2, 0.25) is 11.9 Å². The van der Waals surface area contributed by atoms with Gasteiger partial charge in [0.1, 0.15) is 22.9 Å². The number of carbonyl (C=O) groups excluding carboxylic acids is 2. The molecule has 0 bridgehead atoms. The van der Waals surface area contributed by atoms with Crippen molar-refractivity contribution in [1.29, 1.82) is 0 Å². The van der Waals surface area contributed by atoms with Crippen LogP contribution < -0.4 is 63.0 Å². The molecular formula is C48H54F2N18O6. The zero-order chi connectivity index (χ0) is 51.3. The molecule has 10 rings (SSSR count). The van der Waals surface area contributed by atoms with Crippen molar-refractivity contribution in [3.8, 4) is 11.5 Å². The number of nitrogens with one attached hydrogen (secondary N) is 8. The smallest absolute Gasteiger partial charge is 0.288 e. The zero-order valence-electron chi connectivity index (χ0n) is 40.2. The summed E-state index contributed by atoms with van der Waals surface area (Å²) >= 11 is 0. The van der Waals surface area contributed by atoms with Crippen LogP contribution >= 0.6 is 0 Å². The number of hydrogen-bond acceptors (Lipinski definition) is 22. The number of hydrazine groups is 4. The molecule has 0 spiro atoms. The summed E-state index contributed by atoms with van der Waals surface area (Å²) in [6, 6.07) is 16.6. The number of halogens is 2. The van der Waals surface area contributed by atoms with Gasteiger partial charge in [-0.05, 0) is 63.1 Å². The number of benzene rings is 2. The normalized spacial score (nSPS) is 19.8. The minimum Gasteiger partial charge on any atom is -0.508 e. The van der Waals surface area contributed by atoms with Crippen molar-refractivity contribution in [2.24, 2.45) is 0 Å². The van der Waals surface area contributed by atoms with Gasteiger partial charge in [0, 0.05) is 80.4 Å². The Kier molecular flexibility index (Phi) is 14.4. The van der Waals surface area contributed by atoms with E-state index in [1.807, 2.05) is 29.1 Å². The van der Waals surface area contributed by atoms with E-state index in [0.29, 0.717) is 67.7 Å². The highest BCUT2D eigenvalue weighted by Crippen LogP contribution is 2.35. The maximum Gasteiger partial charge on any atom is 0.288 e. The van der Waals surface area contributed by atoms with Crippen molar-refractivity contribution in [2.75, 3.05) is 93.8 Å². The number of phenols is 2. The minimum atomic E-state index is -0.659. The third kappa shape index (κ3) is 11.4. The second-order valence-electron chi connectivity index (χ2n) is 18.1. The van der Waals surface area contributed by atoms with E-state index in [1.165, 1.54) is 24.5 Å². The first-order valence-corrected chi connectivity index (χ1v) is 24.0. The molecule has 4 aromatic heterocycles. The number of aromatic nitrogens is 6. The Morgan fingerprint density at radius 3 is 1.77 bits per heavy atom. The standard InChI is InChI=1S/C48H54F2N18O6/c1-27-15-41(68(64-27)34-17-32(19-36(70)21-34)57-30-4-6-39(52-23-30)45(71)60-62-47-53-24-37(49)43(58-47)65-9-12-73-13-10-65)42-26-66(11-14-74-42)44-38(50)25-54-48(59-44)63-61-46(72)40-5-3-29(22-51-40)56-31-16-33(20-35(69)18-31)67-28(2)7-8-55-67/h3-6,16-25,27-28,41-42,55-57,64,69-70H,7-15,26H2,1-2H3,(H,60,71)(H,61,72)(H,53,58,62)(H,54,59,63). The molecule has 26 heteroatoms. The van der Waals surface area contributed by atoms with Gasteiger partial charge in [-0.3, -0.25) is 31.3 Å². The summed E-state index contributed by atoms with van der Waals surface area (Å²) in [4.78, 5) is 54.8. The van der Waals surface area contributed by atoms with Crippen LogP contribution in [0.1, 0.15) is 47.7 Å². The fraction of sp³-hybridized carbons (Fsp3) is 0.333. The summed E-state index contributed by atoms with van der Waals surface area (Å²) in [5.41, 5.74) is 21.0. The summed E-state index contributed by atoms with van der Waals surface area (Å²) in [5.74, 6) is -2.25. The minimum absolute atomic E-state index is 0.000655. The summed E-state index contributed by atoms with van der Waals surface area (Å²) < 4.78 is 41.6. The molecule has 74 heavy (non-hydrogen) atoms. The largest absolute Gasteiger partial charge is 0.508 e. The molecule has 8 heterocycles. The average Bonchev–Trinajstić information content (AvgIpc) is 4.03. The highest BCUT2D eigenvalue weighted by molar-refractivity contribution is 5.93. The predicted molar refractivity (Wildman–Crippen MR) is 270 cm³/mol. The molecule has 0 saturated carbocycles. The van der Waals surface area contributed by atoms with Crippen molar-refractivity contribution >= 4 is 69.5 Å². The number of ether oxygens (including phenoxy) is 2. The van der Waals surface area contributed by atoms with E-state index >= 15 is 4.39 Å². The van der Waals surface area contributed by atoms with Crippen molar-refractivity contribution in [3.63, 3.8) is 0 Å². The topological polar surface area (TPSA) is 280 Å². The number of morpholine rings is 2. The number of pyridine rings is 2. The highest BCUT2D eigenvalue weighted by Gasteiger charge is 2.40. The van der Waals surface area contributed by atoms with E-state index in [1.54, 1.807) is 46.2 Å². The van der Waals surface area contributed by atoms with Crippen LogP contribution in [0.3, 0.4) is 0 Å². The van der Waals surface area contributed by atoms with E-state index in [4.69, 9.17) is 9.47 Å². The van der Waals surface area contributed by atoms with Gasteiger partial charge in [0.15, 0.2) is 23.3 Å². The summed E-state index contributed by atoms with van der Waals surface area (Å²) in [6.07, 6.45) is 6.22. The van der Waals surface area contributed by atoms with Crippen LogP contribution in [0.15, 0.2) is 85.5 Å². The molecule has 0 radical (unpaired) electrons. The fourth-order valence-electron chi connectivity index (χ4n) is 9.12. The van der Waals surface area contributed by atoms with Crippen molar-refractivity contribution in [1.82, 2.24) is 51.6 Å². The number of aromatic hydroxyl groups is 2. The van der Waals surface area contributed by atoms with E-state index in [2.05, 4.69) is 80.0 Å². The Bertz CT molecular complexity index is 2980. The molecular weight excluding hydrogens is 963 g/mol. The molecule has 386 valence electrons. The number of nitrogens with zero attached hydrogens (tertiary/aromatic N) is 10. The molecule has 2 aromatic carbocycles. The maximum atomic E-state index is 15.5. The Labute approximate surface area is 422 Å². The lowest BCUT2D eigenvalue weighted by Gasteiger charge is -2.39. The van der Waals surface area contributed by atoms with Crippen LogP contribution in [-0.2, 0) is 9.47 Å². The van der Waals surface area contributed by atoms with Gasteiger partial charge in [0.25, 0.3) is 11.8 Å². The van der Waals surface area contributed by atoms with Crippen molar-refractivity contribution in [3.05, 3.63) is 108 Å². The molecule has 4 saturated heterocycles. The van der Waals surface area contributed by atoms with Crippen LogP contribution in [0, 0.1) is 11.6 Å². The van der Waals surface area contributed by atoms with Crippen LogP contribution in [0.25, 0.3) is 0 Å². The van der Waals surface area contributed by atoms with E-state index in [9.17, 15) is 24.2 Å². The second-order valence-corrected chi connectivity index (χ2v) is 18.1. The van der Waals surface area contributed by atoms with E-state index in [0.717, 1.165) is 31.0 Å². The lowest BCUT2D eigenvalue weighted by molar-refractivity contribution is 0.0236. The predicted octanol–water partition coefficient (Wildman–Crippen LogP) is 4.06. The van der Waals surface area contributed by atoms with E-state index in [-0.39, 0.29) is 77.7 Å². The molecule has 24 nitrogen and oxygen atoms in total. The third-order valence-electron chi connectivity index (χ3n) is 12.7. The van der Waals surface area contributed by atoms with Crippen LogP contribution in [-0.4, -0.2) is 129 Å². The zero-order valence-corrected chi connectivity index (χ0v) is 40.2.